The number of imidazole rings is 1. The van der Waals surface area contributed by atoms with Crippen LogP contribution in [0.25, 0.3) is 83.9 Å². The van der Waals surface area contributed by atoms with Crippen molar-refractivity contribution in [2.24, 2.45) is 0 Å². The van der Waals surface area contributed by atoms with E-state index >= 15 is 0 Å². The van der Waals surface area contributed by atoms with Crippen molar-refractivity contribution >= 4 is 11.0 Å². The Morgan fingerprint density at radius 1 is 0.471 bits per heavy atom. The molecule has 0 fully saturated rings. The normalized spacial score (nSPS) is 12.3. The van der Waals surface area contributed by atoms with Crippen LogP contribution in [0.1, 0.15) is 111 Å². The van der Waals surface area contributed by atoms with Crippen LogP contribution in [0, 0.1) is 13.0 Å². The standard InChI is InChI=1S/C65H66N3O.Pt/c1-41-20-17-18-23-51(41)44-28-26-42(27-29-44)45-32-33-66-56(37-45)47-34-46(35-49(36-47)63(5,6)7)52-24-19-25-58-59(52)67-61(54-39-50(64(8,9)10)40-55(60(54)69)65(11,12)13)68(58)57-31-30-48(62(2,3)4)38-53(57)43-21-15-14-16-22-43;/h14-33,35-40,69H,1-13H3;/q-1;. The van der Waals surface area contributed by atoms with Gasteiger partial charge in [0.25, 0.3) is 0 Å². The van der Waals surface area contributed by atoms with Gasteiger partial charge in [-0.25, -0.2) is 4.98 Å². The number of benzene rings is 7. The number of aromatic hydroxyl groups is 1. The molecule has 5 heteroatoms. The van der Waals surface area contributed by atoms with Crippen LogP contribution in [0.3, 0.4) is 0 Å². The van der Waals surface area contributed by atoms with E-state index in [0.29, 0.717) is 11.4 Å². The fourth-order valence-corrected chi connectivity index (χ4v) is 9.38. The van der Waals surface area contributed by atoms with Gasteiger partial charge in [0.2, 0.25) is 0 Å². The molecule has 2 aromatic heterocycles. The van der Waals surface area contributed by atoms with Gasteiger partial charge >= 0.3 is 0 Å². The molecule has 1 N–H and O–H groups in total. The molecule has 358 valence electrons. The fraction of sp³-hybridized carbons (Fsp3) is 0.262. The third-order valence-electron chi connectivity index (χ3n) is 13.6. The maximum absolute atomic E-state index is 12.6. The van der Waals surface area contributed by atoms with Gasteiger partial charge < -0.3 is 5.11 Å². The summed E-state index contributed by atoms with van der Waals surface area (Å²) < 4.78 is 2.28. The SMILES string of the molecule is Cc1ccccc1-c1ccc(-c2ccnc(-c3[c-]c(-c4cccc5c4nc(-c4cc(C(C)(C)C)cc(C(C)(C)C)c4O)n5-c4ccc(C(C)(C)C)cc4-c4ccccc4)cc(C(C)(C)C)c3)c2)cc1.[Pt]. The first kappa shape index (κ1) is 50.0. The summed E-state index contributed by atoms with van der Waals surface area (Å²) in [7, 11) is 0. The topological polar surface area (TPSA) is 50.9 Å². The smallest absolute Gasteiger partial charge is 0.148 e. The fourth-order valence-electron chi connectivity index (χ4n) is 9.38. The molecule has 7 aromatic carbocycles. The molecule has 0 aliphatic carbocycles. The van der Waals surface area contributed by atoms with Crippen molar-refractivity contribution in [3.8, 4) is 78.6 Å². The first-order chi connectivity index (χ1) is 32.6. The number of hydrogen-bond acceptors (Lipinski definition) is 3. The Bertz CT molecular complexity index is 3370. The van der Waals surface area contributed by atoms with E-state index in [1.54, 1.807) is 0 Å². The molecule has 0 unspecified atom stereocenters. The monoisotopic (exact) mass is 1100 g/mol. The minimum atomic E-state index is -0.333. The van der Waals surface area contributed by atoms with Gasteiger partial charge in [0.1, 0.15) is 11.6 Å². The van der Waals surface area contributed by atoms with Gasteiger partial charge in [-0.2, -0.15) is 0 Å². The van der Waals surface area contributed by atoms with Crippen LogP contribution in [-0.2, 0) is 42.7 Å². The largest absolute Gasteiger partial charge is 0.507 e. The summed E-state index contributed by atoms with van der Waals surface area (Å²) in [5.41, 5.74) is 18.9. The van der Waals surface area contributed by atoms with E-state index in [9.17, 15) is 5.11 Å². The predicted octanol–water partition coefficient (Wildman–Crippen LogP) is 17.4. The number of nitrogens with zero attached hydrogens (tertiary/aromatic N) is 3. The Morgan fingerprint density at radius 3 is 1.71 bits per heavy atom. The zero-order valence-corrected chi connectivity index (χ0v) is 45.4. The first-order valence-electron chi connectivity index (χ1n) is 24.4. The summed E-state index contributed by atoms with van der Waals surface area (Å²) in [6, 6.07) is 58.3. The van der Waals surface area contributed by atoms with Crippen molar-refractivity contribution < 1.29 is 26.2 Å². The zero-order chi connectivity index (χ0) is 49.2. The van der Waals surface area contributed by atoms with Crippen LogP contribution in [0.5, 0.6) is 5.75 Å². The number of phenolic OH excluding ortho intramolecular Hbond substituents is 1. The molecule has 9 rings (SSSR count). The molecule has 0 saturated carbocycles. The van der Waals surface area contributed by atoms with E-state index in [1.165, 1.54) is 27.8 Å². The van der Waals surface area contributed by atoms with Gasteiger partial charge in [-0.15, -0.1) is 29.3 Å². The maximum atomic E-state index is 12.6. The number of rotatable bonds is 7. The van der Waals surface area contributed by atoms with Crippen molar-refractivity contribution in [1.29, 1.82) is 0 Å². The summed E-state index contributed by atoms with van der Waals surface area (Å²) >= 11 is 0. The van der Waals surface area contributed by atoms with Gasteiger partial charge in [-0.1, -0.05) is 203 Å². The second kappa shape index (κ2) is 18.8. The van der Waals surface area contributed by atoms with Crippen LogP contribution in [-0.4, -0.2) is 19.6 Å². The number of hydrogen-bond donors (Lipinski definition) is 1. The minimum Gasteiger partial charge on any atom is -0.507 e. The third kappa shape index (κ3) is 9.86. The van der Waals surface area contributed by atoms with E-state index in [4.69, 9.17) is 9.97 Å². The average Bonchev–Trinajstić information content (AvgIpc) is 3.70. The molecule has 0 atom stereocenters. The van der Waals surface area contributed by atoms with Gasteiger partial charge in [0, 0.05) is 44.1 Å². The Balaban J connectivity index is 0.00000659. The quantitative estimate of drug-likeness (QED) is 0.162. The number of phenols is 1. The summed E-state index contributed by atoms with van der Waals surface area (Å²) in [6.45, 7) is 28.9. The zero-order valence-electron chi connectivity index (χ0n) is 43.1. The number of aromatic nitrogens is 3. The number of pyridine rings is 1. The molecule has 0 spiro atoms. The second-order valence-corrected chi connectivity index (χ2v) is 23.0. The van der Waals surface area contributed by atoms with Crippen molar-refractivity contribution in [3.63, 3.8) is 0 Å². The van der Waals surface area contributed by atoms with Crippen LogP contribution in [0.15, 0.2) is 158 Å². The van der Waals surface area contributed by atoms with Gasteiger partial charge in [-0.3, -0.25) is 9.55 Å². The van der Waals surface area contributed by atoms with E-state index < -0.39 is 0 Å². The molecule has 4 nitrogen and oxygen atoms in total. The van der Waals surface area contributed by atoms with Crippen LogP contribution in [0.2, 0.25) is 0 Å². The number of para-hydroxylation sites is 1. The van der Waals surface area contributed by atoms with Gasteiger partial charge in [-0.05, 0) is 103 Å². The van der Waals surface area contributed by atoms with E-state index in [2.05, 4.69) is 252 Å². The molecule has 0 aliphatic heterocycles. The molecule has 0 amide bonds. The van der Waals surface area contributed by atoms with E-state index in [1.807, 2.05) is 6.20 Å². The van der Waals surface area contributed by atoms with Crippen molar-refractivity contribution in [2.75, 3.05) is 0 Å². The first-order valence-corrected chi connectivity index (χ1v) is 24.4. The molecule has 0 saturated heterocycles. The van der Waals surface area contributed by atoms with Crippen LogP contribution >= 0.6 is 0 Å². The van der Waals surface area contributed by atoms with Crippen molar-refractivity contribution in [3.05, 3.63) is 192 Å². The summed E-state index contributed by atoms with van der Waals surface area (Å²) in [5, 5.41) is 12.6. The molecule has 9 aromatic rings. The Kier molecular flexibility index (Phi) is 13.4. The Hall–Kier alpha value is -6.35. The summed E-state index contributed by atoms with van der Waals surface area (Å²) in [4.78, 5) is 10.7. The maximum Gasteiger partial charge on any atom is 0.148 e. The van der Waals surface area contributed by atoms with E-state index in [-0.39, 0.29) is 48.5 Å². The van der Waals surface area contributed by atoms with Crippen LogP contribution in [0.4, 0.5) is 0 Å². The van der Waals surface area contributed by atoms with Crippen molar-refractivity contribution in [1.82, 2.24) is 14.5 Å². The molecule has 0 bridgehead atoms. The molecule has 0 aliphatic rings. The van der Waals surface area contributed by atoms with Gasteiger partial charge in [0.05, 0.1) is 22.3 Å². The summed E-state index contributed by atoms with van der Waals surface area (Å²) in [6.07, 6.45) is 1.91. The molecular formula is C65H66N3OPt-. The number of fused-ring (bicyclic) bond motifs is 1. The number of aryl methyl sites for hydroxylation is 1. The average molecular weight is 1100 g/mol. The minimum absolute atomic E-state index is 0. The predicted molar refractivity (Wildman–Crippen MR) is 292 cm³/mol. The van der Waals surface area contributed by atoms with Gasteiger partial charge in [0.15, 0.2) is 0 Å². The van der Waals surface area contributed by atoms with Crippen LogP contribution < -0.4 is 0 Å². The Labute approximate surface area is 431 Å². The molecule has 70 heavy (non-hydrogen) atoms. The van der Waals surface area contributed by atoms with Crippen molar-refractivity contribution in [2.45, 2.75) is 112 Å². The third-order valence-corrected chi connectivity index (χ3v) is 13.6. The summed E-state index contributed by atoms with van der Waals surface area (Å²) in [5.74, 6) is 0.933. The van der Waals surface area contributed by atoms with E-state index in [0.717, 1.165) is 72.5 Å². The molecular weight excluding hydrogens is 1030 g/mol. The second-order valence-electron chi connectivity index (χ2n) is 23.0. The Morgan fingerprint density at radius 2 is 1.06 bits per heavy atom. The molecule has 2 heterocycles. The molecule has 0 radical (unpaired) electrons.